The van der Waals surface area contributed by atoms with Crippen LogP contribution < -0.4 is 15.5 Å². The molecule has 1 aliphatic heterocycles. The van der Waals surface area contributed by atoms with Crippen molar-refractivity contribution in [2.75, 3.05) is 20.1 Å². The van der Waals surface area contributed by atoms with E-state index in [1.807, 2.05) is 0 Å². The predicted octanol–water partition coefficient (Wildman–Crippen LogP) is -0.294. The van der Waals surface area contributed by atoms with E-state index in [2.05, 4.69) is 29.0 Å². The second-order valence-corrected chi connectivity index (χ2v) is 5.48. The van der Waals surface area contributed by atoms with E-state index < -0.39 is 6.03 Å². The van der Waals surface area contributed by atoms with E-state index in [9.17, 15) is 9.59 Å². The summed E-state index contributed by atoms with van der Waals surface area (Å²) in [4.78, 5) is 25.4. The Bertz CT molecular complexity index is 458. The van der Waals surface area contributed by atoms with Crippen LogP contribution in [0.15, 0.2) is 11.4 Å². The Morgan fingerprint density at radius 1 is 1.56 bits per heavy atom. The molecule has 1 aliphatic rings. The normalized spacial score (nSPS) is 22.1. The van der Waals surface area contributed by atoms with Crippen LogP contribution in [0.5, 0.6) is 0 Å². The van der Waals surface area contributed by atoms with Gasteiger partial charge < -0.3 is 10.2 Å². The smallest absolute Gasteiger partial charge is 0.321 e. The van der Waals surface area contributed by atoms with Crippen molar-refractivity contribution in [2.24, 2.45) is 0 Å². The molecular formula is C12H18N3O2S+. The first-order chi connectivity index (χ1) is 8.61. The fourth-order valence-electron chi connectivity index (χ4n) is 2.33. The third-order valence-corrected chi connectivity index (χ3v) is 4.40. The fourth-order valence-corrected chi connectivity index (χ4v) is 3.31. The highest BCUT2D eigenvalue weighted by atomic mass is 32.1. The first-order valence-electron chi connectivity index (χ1n) is 6.04. The molecule has 1 aromatic rings. The van der Waals surface area contributed by atoms with Crippen LogP contribution in [-0.2, 0) is 11.2 Å². The van der Waals surface area contributed by atoms with Gasteiger partial charge in [0.1, 0.15) is 6.04 Å². The Labute approximate surface area is 110 Å². The van der Waals surface area contributed by atoms with Crippen LogP contribution in [0.4, 0.5) is 4.79 Å². The van der Waals surface area contributed by atoms with E-state index in [0.29, 0.717) is 12.6 Å². The molecule has 5 nitrogen and oxygen atoms in total. The quantitative estimate of drug-likeness (QED) is 0.690. The van der Waals surface area contributed by atoms with Gasteiger partial charge in [0, 0.05) is 23.9 Å². The van der Waals surface area contributed by atoms with Crippen molar-refractivity contribution in [1.29, 1.82) is 0 Å². The van der Waals surface area contributed by atoms with Crippen LogP contribution in [0.25, 0.3) is 0 Å². The molecule has 0 saturated heterocycles. The van der Waals surface area contributed by atoms with Gasteiger partial charge in [-0.3, -0.25) is 10.1 Å². The van der Waals surface area contributed by atoms with E-state index in [-0.39, 0.29) is 5.91 Å². The van der Waals surface area contributed by atoms with Gasteiger partial charge in [0.05, 0.1) is 6.54 Å². The highest BCUT2D eigenvalue weighted by Gasteiger charge is 2.29. The zero-order chi connectivity index (χ0) is 13.1. The second kappa shape index (κ2) is 5.49. The van der Waals surface area contributed by atoms with Crippen molar-refractivity contribution in [2.45, 2.75) is 19.4 Å². The molecule has 1 aromatic heterocycles. The molecule has 2 heterocycles. The molecule has 0 aliphatic carbocycles. The third kappa shape index (κ3) is 2.70. The van der Waals surface area contributed by atoms with Gasteiger partial charge in [-0.25, -0.2) is 4.79 Å². The van der Waals surface area contributed by atoms with Gasteiger partial charge in [-0.05, 0) is 18.4 Å². The number of urea groups is 1. The Balaban J connectivity index is 1.96. The Morgan fingerprint density at radius 2 is 2.33 bits per heavy atom. The molecule has 1 unspecified atom stereocenters. The molecule has 0 aromatic carbocycles. The minimum Gasteiger partial charge on any atom is -0.341 e. The largest absolute Gasteiger partial charge is 0.341 e. The molecule has 6 heteroatoms. The summed E-state index contributed by atoms with van der Waals surface area (Å²) in [5.74, 6) is -0.227. The lowest BCUT2D eigenvalue weighted by molar-refractivity contribution is -0.924. The van der Waals surface area contributed by atoms with Crippen molar-refractivity contribution in [3.05, 3.63) is 21.9 Å². The number of thiophene rings is 1. The SMILES string of the molecule is CNC(=O)NC(=O)C[NH+]1CCc2sccc2[C@@H]1C. The molecule has 0 bridgehead atoms. The number of amides is 3. The van der Waals surface area contributed by atoms with Crippen molar-refractivity contribution in [1.82, 2.24) is 10.6 Å². The summed E-state index contributed by atoms with van der Waals surface area (Å²) in [5.41, 5.74) is 1.34. The average molecular weight is 268 g/mol. The number of rotatable bonds is 2. The molecule has 2 rings (SSSR count). The lowest BCUT2D eigenvalue weighted by atomic mass is 10.0. The third-order valence-electron chi connectivity index (χ3n) is 3.40. The molecule has 2 atom stereocenters. The van der Waals surface area contributed by atoms with Gasteiger partial charge in [-0.2, -0.15) is 0 Å². The number of hydrogen-bond acceptors (Lipinski definition) is 3. The van der Waals surface area contributed by atoms with E-state index in [0.717, 1.165) is 13.0 Å². The summed E-state index contributed by atoms with van der Waals surface area (Å²) in [5, 5.41) is 6.79. The highest BCUT2D eigenvalue weighted by Crippen LogP contribution is 2.24. The van der Waals surface area contributed by atoms with Crippen LogP contribution in [0.2, 0.25) is 0 Å². The van der Waals surface area contributed by atoms with Gasteiger partial charge in [0.2, 0.25) is 0 Å². The molecule has 3 amide bonds. The maximum atomic E-state index is 11.7. The van der Waals surface area contributed by atoms with Gasteiger partial charge in [-0.15, -0.1) is 11.3 Å². The summed E-state index contributed by atoms with van der Waals surface area (Å²) < 4.78 is 0. The van der Waals surface area contributed by atoms with E-state index >= 15 is 0 Å². The van der Waals surface area contributed by atoms with Crippen LogP contribution in [0.1, 0.15) is 23.4 Å². The Morgan fingerprint density at radius 3 is 3.06 bits per heavy atom. The fraction of sp³-hybridized carbons (Fsp3) is 0.500. The first-order valence-corrected chi connectivity index (χ1v) is 6.92. The number of quaternary nitrogens is 1. The number of imide groups is 1. The van der Waals surface area contributed by atoms with E-state index in [1.54, 1.807) is 11.3 Å². The summed E-state index contributed by atoms with van der Waals surface area (Å²) >= 11 is 1.79. The highest BCUT2D eigenvalue weighted by molar-refractivity contribution is 7.10. The molecule has 0 radical (unpaired) electrons. The minimum atomic E-state index is -0.444. The minimum absolute atomic E-state index is 0.227. The summed E-state index contributed by atoms with van der Waals surface area (Å²) in [7, 11) is 1.50. The Hall–Kier alpha value is -1.40. The number of fused-ring (bicyclic) bond motifs is 1. The lowest BCUT2D eigenvalue weighted by Crippen LogP contribution is -3.14. The number of hydrogen-bond donors (Lipinski definition) is 3. The van der Waals surface area contributed by atoms with Crippen LogP contribution in [-0.4, -0.2) is 32.1 Å². The van der Waals surface area contributed by atoms with Crippen molar-refractivity contribution < 1.29 is 14.5 Å². The van der Waals surface area contributed by atoms with Crippen LogP contribution in [0.3, 0.4) is 0 Å². The second-order valence-electron chi connectivity index (χ2n) is 4.48. The van der Waals surface area contributed by atoms with Gasteiger partial charge in [-0.1, -0.05) is 0 Å². The standard InChI is InChI=1S/C12H17N3O2S/c1-8-9-4-6-18-10(9)3-5-15(8)7-11(16)14-12(17)13-2/h4,6,8H,3,5,7H2,1-2H3,(H2,13,14,16,17)/p+1/t8-/m0/s1. The summed E-state index contributed by atoms with van der Waals surface area (Å²) in [6, 6.07) is 2.01. The van der Waals surface area contributed by atoms with E-state index in [4.69, 9.17) is 0 Å². The molecule has 0 saturated carbocycles. The first kappa shape index (κ1) is 13.0. The lowest BCUT2D eigenvalue weighted by Gasteiger charge is -2.29. The van der Waals surface area contributed by atoms with Crippen molar-refractivity contribution in [3.63, 3.8) is 0 Å². The van der Waals surface area contributed by atoms with Crippen molar-refractivity contribution in [3.8, 4) is 0 Å². The molecular weight excluding hydrogens is 250 g/mol. The zero-order valence-corrected chi connectivity index (χ0v) is 11.4. The molecule has 18 heavy (non-hydrogen) atoms. The van der Waals surface area contributed by atoms with Gasteiger partial charge in [0.15, 0.2) is 6.54 Å². The van der Waals surface area contributed by atoms with E-state index in [1.165, 1.54) is 22.4 Å². The topological polar surface area (TPSA) is 62.6 Å². The van der Waals surface area contributed by atoms with Crippen LogP contribution >= 0.6 is 11.3 Å². The summed E-state index contributed by atoms with van der Waals surface area (Å²) in [6.45, 7) is 3.41. The van der Waals surface area contributed by atoms with Gasteiger partial charge >= 0.3 is 6.03 Å². The maximum Gasteiger partial charge on any atom is 0.321 e. The molecule has 0 spiro atoms. The molecule has 98 valence electrons. The van der Waals surface area contributed by atoms with Crippen molar-refractivity contribution >= 4 is 23.3 Å². The number of nitrogens with one attached hydrogen (secondary N) is 3. The number of carbonyl (C=O) groups excluding carboxylic acids is 2. The average Bonchev–Trinajstić information content (AvgIpc) is 2.81. The predicted molar refractivity (Wildman–Crippen MR) is 69.7 cm³/mol. The molecule has 0 fully saturated rings. The van der Waals surface area contributed by atoms with Crippen LogP contribution in [0, 0.1) is 0 Å². The monoisotopic (exact) mass is 268 g/mol. The Kier molecular flexibility index (Phi) is 3.98. The number of carbonyl (C=O) groups is 2. The van der Waals surface area contributed by atoms with Gasteiger partial charge in [0.25, 0.3) is 5.91 Å². The molecule has 3 N–H and O–H groups in total. The maximum absolute atomic E-state index is 11.7. The zero-order valence-electron chi connectivity index (χ0n) is 10.6. The summed E-state index contributed by atoms with van der Waals surface area (Å²) in [6.07, 6.45) is 1.01.